The molecular formula is C34H56O7. The Kier molecular flexibility index (Phi) is 8.95. The molecular weight excluding hydrogens is 520 g/mol. The summed E-state index contributed by atoms with van der Waals surface area (Å²) in [5.41, 5.74) is 2.49. The lowest BCUT2D eigenvalue weighted by atomic mass is 9.46. The van der Waals surface area contributed by atoms with Gasteiger partial charge in [-0.25, -0.2) is 0 Å². The van der Waals surface area contributed by atoms with Crippen molar-refractivity contribution in [2.24, 2.45) is 46.3 Å². The van der Waals surface area contributed by atoms with Gasteiger partial charge in [0.2, 0.25) is 0 Å². The van der Waals surface area contributed by atoms with Crippen molar-refractivity contribution in [2.75, 3.05) is 0 Å². The zero-order chi connectivity index (χ0) is 30.0. The molecule has 15 atom stereocenters. The summed E-state index contributed by atoms with van der Waals surface area (Å²) in [6.07, 6.45) is 2.92. The first-order valence-corrected chi connectivity index (χ1v) is 16.3. The first kappa shape index (κ1) is 31.6. The highest BCUT2D eigenvalue weighted by Gasteiger charge is 2.63. The third kappa shape index (κ3) is 5.40. The average molecular weight is 577 g/mol. The lowest BCUT2D eigenvalue weighted by molar-refractivity contribution is -0.306. The van der Waals surface area contributed by atoms with Crippen LogP contribution < -0.4 is 0 Å². The zero-order valence-corrected chi connectivity index (χ0v) is 26.1. The second kappa shape index (κ2) is 11.6. The van der Waals surface area contributed by atoms with Crippen LogP contribution in [0.4, 0.5) is 0 Å². The van der Waals surface area contributed by atoms with E-state index in [9.17, 15) is 25.5 Å². The Morgan fingerprint density at radius 1 is 1.02 bits per heavy atom. The lowest BCUT2D eigenvalue weighted by Gasteiger charge is -2.59. The van der Waals surface area contributed by atoms with Gasteiger partial charge in [-0.05, 0) is 105 Å². The van der Waals surface area contributed by atoms with Gasteiger partial charge in [-0.15, -0.1) is 0 Å². The molecule has 11 unspecified atom stereocenters. The van der Waals surface area contributed by atoms with Gasteiger partial charge in [0, 0.05) is 0 Å². The maximum Gasteiger partial charge on any atom is 0.186 e. The maximum absolute atomic E-state index is 11.7. The van der Waals surface area contributed by atoms with Crippen molar-refractivity contribution in [1.82, 2.24) is 0 Å². The van der Waals surface area contributed by atoms with Gasteiger partial charge in [-0.3, -0.25) is 0 Å². The van der Waals surface area contributed by atoms with Gasteiger partial charge in [0.1, 0.15) is 18.3 Å². The van der Waals surface area contributed by atoms with Crippen LogP contribution in [-0.4, -0.2) is 74.6 Å². The molecule has 0 aromatic carbocycles. The van der Waals surface area contributed by atoms with Gasteiger partial charge in [0.05, 0.1) is 24.4 Å². The minimum absolute atomic E-state index is 0.0126. The van der Waals surface area contributed by atoms with E-state index in [4.69, 9.17) is 9.47 Å². The van der Waals surface area contributed by atoms with E-state index in [1.807, 2.05) is 0 Å². The number of fused-ring (bicyclic) bond motifs is 5. The third-order valence-electron chi connectivity index (χ3n) is 12.7. The minimum atomic E-state index is -1.31. The molecule has 1 aliphatic heterocycles. The molecule has 4 fully saturated rings. The SMILES string of the molecule is C=C(CC[C@@H](C)C1[C@@H](O)CC2C3C(CCC21C)C1(C)CC[C@H](OC2OC(C)C(O)C(O)C2O)CC1=C[C@H]3O)C(C)C. The van der Waals surface area contributed by atoms with Crippen LogP contribution in [-0.2, 0) is 9.47 Å². The molecule has 5 N–H and O–H groups in total. The van der Waals surface area contributed by atoms with Gasteiger partial charge in [0.15, 0.2) is 6.29 Å². The summed E-state index contributed by atoms with van der Waals surface area (Å²) in [6, 6.07) is 0. The molecule has 234 valence electrons. The first-order chi connectivity index (χ1) is 19.2. The quantitative estimate of drug-likeness (QED) is 0.286. The molecule has 0 amide bonds. The highest BCUT2D eigenvalue weighted by molar-refractivity contribution is 5.28. The molecule has 41 heavy (non-hydrogen) atoms. The highest BCUT2D eigenvalue weighted by atomic mass is 16.7. The van der Waals surface area contributed by atoms with E-state index in [0.717, 1.165) is 44.9 Å². The molecule has 7 nitrogen and oxygen atoms in total. The number of hydrogen-bond acceptors (Lipinski definition) is 7. The van der Waals surface area contributed by atoms with Crippen LogP contribution in [0.15, 0.2) is 23.8 Å². The summed E-state index contributed by atoms with van der Waals surface area (Å²) in [5, 5.41) is 53.9. The van der Waals surface area contributed by atoms with Crippen LogP contribution >= 0.6 is 0 Å². The lowest BCUT2D eigenvalue weighted by Crippen LogP contribution is -2.58. The Bertz CT molecular complexity index is 996. The predicted octanol–water partition coefficient (Wildman–Crippen LogP) is 4.35. The molecule has 1 saturated heterocycles. The van der Waals surface area contributed by atoms with E-state index in [0.29, 0.717) is 24.2 Å². The summed E-state index contributed by atoms with van der Waals surface area (Å²) in [7, 11) is 0. The van der Waals surface area contributed by atoms with Crippen molar-refractivity contribution < 1.29 is 35.0 Å². The van der Waals surface area contributed by atoms with Crippen LogP contribution in [0.3, 0.4) is 0 Å². The fourth-order valence-corrected chi connectivity index (χ4v) is 10.0. The van der Waals surface area contributed by atoms with Gasteiger partial charge in [-0.2, -0.15) is 0 Å². The van der Waals surface area contributed by atoms with Crippen molar-refractivity contribution in [1.29, 1.82) is 0 Å². The molecule has 0 aromatic rings. The van der Waals surface area contributed by atoms with Crippen LogP contribution in [0.2, 0.25) is 0 Å². The van der Waals surface area contributed by atoms with Crippen molar-refractivity contribution in [3.05, 3.63) is 23.8 Å². The summed E-state index contributed by atoms with van der Waals surface area (Å²) >= 11 is 0. The fourth-order valence-electron chi connectivity index (χ4n) is 10.0. The summed E-state index contributed by atoms with van der Waals surface area (Å²) in [5.74, 6) is 1.90. The smallest absolute Gasteiger partial charge is 0.186 e. The first-order valence-electron chi connectivity index (χ1n) is 16.3. The van der Waals surface area contributed by atoms with Crippen molar-refractivity contribution in [2.45, 2.75) is 142 Å². The third-order valence-corrected chi connectivity index (χ3v) is 12.7. The molecule has 0 radical (unpaired) electrons. The van der Waals surface area contributed by atoms with E-state index < -0.39 is 36.8 Å². The molecule has 0 aromatic heterocycles. The van der Waals surface area contributed by atoms with E-state index in [1.54, 1.807) is 6.92 Å². The standard InChI is InChI=1S/C34H56O7/c1-17(2)18(3)8-9-19(4)28-26(36)16-24-27-23(11-13-34(24,28)7)33(6)12-10-22(14-21(33)15-25(27)35)41-32-31(39)30(38)29(37)20(5)40-32/h15,17,19-20,22-32,35-39H,3,8-14,16H2,1-2,4-7H3/t19-,20?,22+,23?,24?,25-,26+,27?,28?,29?,30?,31?,32?,33?,34?/m1/s1. The average Bonchev–Trinajstić information content (AvgIpc) is 3.19. The second-order valence-corrected chi connectivity index (χ2v) is 15.3. The normalized spacial score (nSPS) is 50.5. The van der Waals surface area contributed by atoms with E-state index in [1.165, 1.54) is 11.1 Å². The van der Waals surface area contributed by atoms with E-state index >= 15 is 0 Å². The van der Waals surface area contributed by atoms with Gasteiger partial charge in [0.25, 0.3) is 0 Å². The fraction of sp³-hybridized carbons (Fsp3) is 0.882. The Balaban J connectivity index is 1.30. The summed E-state index contributed by atoms with van der Waals surface area (Å²) in [6.45, 7) is 17.4. The van der Waals surface area contributed by atoms with Crippen molar-refractivity contribution >= 4 is 0 Å². The predicted molar refractivity (Wildman–Crippen MR) is 158 cm³/mol. The van der Waals surface area contributed by atoms with Gasteiger partial charge >= 0.3 is 0 Å². The van der Waals surface area contributed by atoms with Crippen molar-refractivity contribution in [3.63, 3.8) is 0 Å². The monoisotopic (exact) mass is 576 g/mol. The van der Waals surface area contributed by atoms with E-state index in [2.05, 4.69) is 47.3 Å². The molecule has 4 aliphatic carbocycles. The number of allylic oxidation sites excluding steroid dienone is 1. The largest absolute Gasteiger partial charge is 0.393 e. The minimum Gasteiger partial charge on any atom is -0.393 e. The number of aliphatic hydroxyl groups excluding tert-OH is 5. The number of ether oxygens (including phenoxy) is 2. The van der Waals surface area contributed by atoms with Crippen LogP contribution in [0.5, 0.6) is 0 Å². The molecule has 7 heteroatoms. The molecule has 5 rings (SSSR count). The maximum atomic E-state index is 11.7. The highest BCUT2D eigenvalue weighted by Crippen LogP contribution is 2.67. The Morgan fingerprint density at radius 3 is 2.41 bits per heavy atom. The van der Waals surface area contributed by atoms with Crippen molar-refractivity contribution in [3.8, 4) is 0 Å². The number of rotatable bonds is 7. The van der Waals surface area contributed by atoms with Crippen LogP contribution in [0, 0.1) is 46.3 Å². The van der Waals surface area contributed by atoms with Crippen LogP contribution in [0.25, 0.3) is 0 Å². The van der Waals surface area contributed by atoms with Gasteiger partial charge < -0.3 is 35.0 Å². The molecule has 0 spiro atoms. The van der Waals surface area contributed by atoms with Crippen LogP contribution in [0.1, 0.15) is 92.9 Å². The topological polar surface area (TPSA) is 120 Å². The molecule has 0 bridgehead atoms. The molecule has 3 saturated carbocycles. The Hall–Kier alpha value is -0.800. The van der Waals surface area contributed by atoms with Gasteiger partial charge in [-0.1, -0.05) is 58.4 Å². The number of hydrogen-bond donors (Lipinski definition) is 5. The summed E-state index contributed by atoms with van der Waals surface area (Å²) < 4.78 is 11.9. The Labute approximate surface area is 247 Å². The van der Waals surface area contributed by atoms with E-state index in [-0.39, 0.29) is 40.8 Å². The molecule has 5 aliphatic rings. The zero-order valence-electron chi connectivity index (χ0n) is 26.1. The second-order valence-electron chi connectivity index (χ2n) is 15.3. The number of aliphatic hydroxyl groups is 5. The summed E-state index contributed by atoms with van der Waals surface area (Å²) in [4.78, 5) is 0. The molecule has 1 heterocycles. The Morgan fingerprint density at radius 2 is 1.73 bits per heavy atom.